The molecule has 2 heterocycles. The van der Waals surface area contributed by atoms with Crippen LogP contribution in [-0.2, 0) is 14.1 Å². The first-order chi connectivity index (χ1) is 12.4. The van der Waals surface area contributed by atoms with Gasteiger partial charge in [-0.15, -0.1) is 0 Å². The van der Waals surface area contributed by atoms with Crippen molar-refractivity contribution in [3.8, 4) is 22.8 Å². The highest BCUT2D eigenvalue weighted by atomic mass is 16.5. The van der Waals surface area contributed by atoms with Crippen molar-refractivity contribution >= 4 is 11.0 Å². The summed E-state index contributed by atoms with van der Waals surface area (Å²) in [7, 11) is 4.33. The van der Waals surface area contributed by atoms with E-state index in [9.17, 15) is 14.4 Å². The lowest BCUT2D eigenvalue weighted by molar-refractivity contribution is 0.311. The van der Waals surface area contributed by atoms with Gasteiger partial charge in [0.2, 0.25) is 0 Å². The quantitative estimate of drug-likeness (QED) is 0.723. The molecule has 0 saturated heterocycles. The van der Waals surface area contributed by atoms with Crippen LogP contribution >= 0.6 is 0 Å². The first-order valence-electron chi connectivity index (χ1n) is 7.90. The topological polar surface area (TPSA) is 108 Å². The molecule has 0 amide bonds. The summed E-state index contributed by atoms with van der Waals surface area (Å²) < 4.78 is 13.0. The lowest BCUT2D eigenvalue weighted by Gasteiger charge is -2.13. The Morgan fingerprint density at radius 2 is 1.85 bits per heavy atom. The highest BCUT2D eigenvalue weighted by molar-refractivity contribution is 5.89. The Morgan fingerprint density at radius 1 is 1.12 bits per heavy atom. The highest BCUT2D eigenvalue weighted by Crippen LogP contribution is 2.32. The van der Waals surface area contributed by atoms with Gasteiger partial charge in [-0.1, -0.05) is 0 Å². The van der Waals surface area contributed by atoms with E-state index in [-0.39, 0.29) is 16.7 Å². The molecule has 2 aromatic heterocycles. The van der Waals surface area contributed by atoms with E-state index in [1.165, 1.54) is 25.8 Å². The summed E-state index contributed by atoms with van der Waals surface area (Å²) in [6.07, 6.45) is 0. The number of rotatable bonds is 4. The maximum atomic E-state index is 12.7. The summed E-state index contributed by atoms with van der Waals surface area (Å²) in [4.78, 5) is 43.2. The molecule has 0 saturated carbocycles. The third-order valence-corrected chi connectivity index (χ3v) is 4.08. The minimum absolute atomic E-state index is 0.0182. The number of benzene rings is 1. The molecule has 0 aliphatic rings. The van der Waals surface area contributed by atoms with Crippen molar-refractivity contribution < 1.29 is 9.47 Å². The minimum atomic E-state index is -0.663. The van der Waals surface area contributed by atoms with Crippen LogP contribution in [0.1, 0.15) is 6.92 Å². The molecule has 3 rings (SSSR count). The number of methoxy groups -OCH3 is 1. The third kappa shape index (κ3) is 2.67. The Kier molecular flexibility index (Phi) is 4.37. The predicted octanol–water partition coefficient (Wildman–Crippen LogP) is 0.395. The standard InChI is InChI=1S/C17H18N4O5/c1-5-26-10-7-6-9(8-11(10)25-4)13-12-14(19-16(23)18-13)20(2)17(24)21(3)15(12)22/h6-8H,5H2,1-4H3,(H,18,19,23). The van der Waals surface area contributed by atoms with E-state index in [1.807, 2.05) is 6.92 Å². The van der Waals surface area contributed by atoms with E-state index < -0.39 is 16.9 Å². The van der Waals surface area contributed by atoms with Crippen molar-refractivity contribution in [1.29, 1.82) is 0 Å². The molecule has 9 nitrogen and oxygen atoms in total. The number of aromatic nitrogens is 4. The number of ether oxygens (including phenoxy) is 2. The van der Waals surface area contributed by atoms with Gasteiger partial charge >= 0.3 is 11.4 Å². The second-order valence-corrected chi connectivity index (χ2v) is 5.62. The fourth-order valence-corrected chi connectivity index (χ4v) is 2.79. The van der Waals surface area contributed by atoms with E-state index in [1.54, 1.807) is 18.2 Å². The van der Waals surface area contributed by atoms with Crippen LogP contribution in [0.3, 0.4) is 0 Å². The Labute approximate surface area is 147 Å². The largest absolute Gasteiger partial charge is 0.493 e. The van der Waals surface area contributed by atoms with Gasteiger partial charge in [0.15, 0.2) is 17.1 Å². The molecule has 3 aromatic rings. The summed E-state index contributed by atoms with van der Waals surface area (Å²) in [5, 5.41) is 0.139. The smallest absolute Gasteiger partial charge is 0.347 e. The molecule has 9 heteroatoms. The molecular formula is C17H18N4O5. The number of fused-ring (bicyclic) bond motifs is 1. The zero-order valence-corrected chi connectivity index (χ0v) is 14.8. The molecular weight excluding hydrogens is 340 g/mol. The Bertz CT molecular complexity index is 1170. The number of aryl methyl sites for hydroxylation is 1. The molecule has 1 N–H and O–H groups in total. The van der Waals surface area contributed by atoms with Crippen LogP contribution < -0.4 is 26.4 Å². The van der Waals surface area contributed by atoms with E-state index in [2.05, 4.69) is 9.97 Å². The van der Waals surface area contributed by atoms with Crippen LogP contribution in [0.25, 0.3) is 22.3 Å². The molecule has 0 aliphatic heterocycles. The number of aromatic amines is 1. The van der Waals surface area contributed by atoms with Crippen molar-refractivity contribution in [2.45, 2.75) is 6.92 Å². The van der Waals surface area contributed by atoms with Crippen molar-refractivity contribution in [2.75, 3.05) is 13.7 Å². The molecule has 0 bridgehead atoms. The second-order valence-electron chi connectivity index (χ2n) is 5.62. The summed E-state index contributed by atoms with van der Waals surface area (Å²) >= 11 is 0. The van der Waals surface area contributed by atoms with Crippen LogP contribution in [0.2, 0.25) is 0 Å². The van der Waals surface area contributed by atoms with Crippen LogP contribution in [-0.4, -0.2) is 32.8 Å². The summed E-state index contributed by atoms with van der Waals surface area (Å²) in [5.41, 5.74) is -0.957. The predicted molar refractivity (Wildman–Crippen MR) is 96.0 cm³/mol. The summed E-state index contributed by atoms with van der Waals surface area (Å²) in [5.74, 6) is 0.997. The van der Waals surface area contributed by atoms with Gasteiger partial charge in [0.05, 0.1) is 19.4 Å². The van der Waals surface area contributed by atoms with Crippen LogP contribution in [0, 0.1) is 0 Å². The number of hydrogen-bond donors (Lipinski definition) is 1. The van der Waals surface area contributed by atoms with Gasteiger partial charge in [0, 0.05) is 19.7 Å². The van der Waals surface area contributed by atoms with E-state index >= 15 is 0 Å². The molecule has 0 fully saturated rings. The molecule has 1 aromatic carbocycles. The zero-order chi connectivity index (χ0) is 19.0. The van der Waals surface area contributed by atoms with Crippen molar-refractivity contribution in [3.63, 3.8) is 0 Å². The number of H-pyrrole nitrogens is 1. The maximum Gasteiger partial charge on any atom is 0.347 e. The average molecular weight is 358 g/mol. The Balaban J connectivity index is 2.41. The number of nitrogens with one attached hydrogen (secondary N) is 1. The summed E-state index contributed by atoms with van der Waals surface area (Å²) in [6.45, 7) is 2.32. The third-order valence-electron chi connectivity index (χ3n) is 4.08. The molecule has 136 valence electrons. The van der Waals surface area contributed by atoms with Gasteiger partial charge < -0.3 is 14.5 Å². The molecule has 0 atom stereocenters. The number of hydrogen-bond acceptors (Lipinski definition) is 6. The molecule has 0 spiro atoms. The van der Waals surface area contributed by atoms with Crippen LogP contribution in [0.5, 0.6) is 11.5 Å². The SMILES string of the molecule is CCOc1ccc(-c2[nH]c(=O)nc3c2c(=O)n(C)c(=O)n3C)cc1OC. The average Bonchev–Trinajstić information content (AvgIpc) is 2.64. The van der Waals surface area contributed by atoms with Gasteiger partial charge in [-0.05, 0) is 25.1 Å². The van der Waals surface area contributed by atoms with Crippen molar-refractivity contribution in [2.24, 2.45) is 14.1 Å². The van der Waals surface area contributed by atoms with Crippen molar-refractivity contribution in [1.82, 2.24) is 19.1 Å². The fraction of sp³-hybridized carbons (Fsp3) is 0.294. The second kappa shape index (κ2) is 6.51. The van der Waals surface area contributed by atoms with E-state index in [4.69, 9.17) is 9.47 Å². The van der Waals surface area contributed by atoms with Crippen LogP contribution in [0.15, 0.2) is 32.6 Å². The first kappa shape index (κ1) is 17.5. The summed E-state index contributed by atoms with van der Waals surface area (Å²) in [6, 6.07) is 5.04. The van der Waals surface area contributed by atoms with Crippen molar-refractivity contribution in [3.05, 3.63) is 49.5 Å². The first-order valence-corrected chi connectivity index (χ1v) is 7.90. The van der Waals surface area contributed by atoms with Gasteiger partial charge in [-0.25, -0.2) is 9.59 Å². The Morgan fingerprint density at radius 3 is 2.50 bits per heavy atom. The molecule has 0 aliphatic carbocycles. The van der Waals surface area contributed by atoms with Crippen LogP contribution in [0.4, 0.5) is 0 Å². The fourth-order valence-electron chi connectivity index (χ4n) is 2.79. The molecule has 26 heavy (non-hydrogen) atoms. The molecule has 0 radical (unpaired) electrons. The highest BCUT2D eigenvalue weighted by Gasteiger charge is 2.17. The van der Waals surface area contributed by atoms with Gasteiger partial charge in [-0.2, -0.15) is 4.98 Å². The Hall–Kier alpha value is -3.36. The van der Waals surface area contributed by atoms with Gasteiger partial charge in [-0.3, -0.25) is 13.9 Å². The number of nitrogens with zero attached hydrogens (tertiary/aromatic N) is 3. The lowest BCUT2D eigenvalue weighted by Crippen LogP contribution is -2.38. The van der Waals surface area contributed by atoms with Gasteiger partial charge in [0.1, 0.15) is 5.39 Å². The lowest BCUT2D eigenvalue weighted by atomic mass is 10.1. The zero-order valence-electron chi connectivity index (χ0n) is 14.8. The van der Waals surface area contributed by atoms with E-state index in [0.29, 0.717) is 23.7 Å². The normalized spacial score (nSPS) is 10.9. The van der Waals surface area contributed by atoms with E-state index in [0.717, 1.165) is 4.57 Å². The minimum Gasteiger partial charge on any atom is -0.493 e. The maximum absolute atomic E-state index is 12.7. The van der Waals surface area contributed by atoms with Gasteiger partial charge in [0.25, 0.3) is 5.56 Å². The monoisotopic (exact) mass is 358 g/mol. The molecule has 0 unspecified atom stereocenters.